The summed E-state index contributed by atoms with van der Waals surface area (Å²) in [5.74, 6) is 1.52. The maximum absolute atomic E-state index is 14.0. The Hall–Kier alpha value is -1.55. The number of imidazole rings is 1. The number of nitrogens with two attached hydrogens (primary N) is 1. The van der Waals surface area contributed by atoms with Crippen LogP contribution >= 0.6 is 11.6 Å². The first-order chi connectivity index (χ1) is 9.58. The van der Waals surface area contributed by atoms with E-state index in [0.29, 0.717) is 28.0 Å². The molecule has 0 amide bonds. The van der Waals surface area contributed by atoms with Gasteiger partial charge in [0.25, 0.3) is 0 Å². The number of benzene rings is 1. The minimum Gasteiger partial charge on any atom is -0.383 e. The second kappa shape index (κ2) is 5.09. The molecule has 0 aliphatic heterocycles. The van der Waals surface area contributed by atoms with Gasteiger partial charge in [-0.2, -0.15) is 0 Å². The van der Waals surface area contributed by atoms with Crippen molar-refractivity contribution >= 4 is 17.4 Å². The highest BCUT2D eigenvalue weighted by atomic mass is 35.5. The van der Waals surface area contributed by atoms with Gasteiger partial charge in [-0.3, -0.25) is 0 Å². The Morgan fingerprint density at radius 1 is 1.35 bits per heavy atom. The quantitative estimate of drug-likeness (QED) is 0.905. The zero-order chi connectivity index (χ0) is 14.3. The van der Waals surface area contributed by atoms with E-state index < -0.39 is 0 Å². The lowest BCUT2D eigenvalue weighted by Gasteiger charge is -2.08. The van der Waals surface area contributed by atoms with Crippen LogP contribution in [0.4, 0.5) is 10.2 Å². The van der Waals surface area contributed by atoms with E-state index in [-0.39, 0.29) is 5.82 Å². The Bertz CT molecular complexity index is 645. The molecule has 1 fully saturated rings. The monoisotopic (exact) mass is 293 g/mol. The average molecular weight is 294 g/mol. The highest BCUT2D eigenvalue weighted by molar-refractivity contribution is 6.30. The van der Waals surface area contributed by atoms with Crippen molar-refractivity contribution in [3.63, 3.8) is 0 Å². The second-order valence-electron chi connectivity index (χ2n) is 5.37. The summed E-state index contributed by atoms with van der Waals surface area (Å²) in [5.41, 5.74) is 7.04. The van der Waals surface area contributed by atoms with Gasteiger partial charge in [0.1, 0.15) is 23.2 Å². The van der Waals surface area contributed by atoms with Gasteiger partial charge in [-0.15, -0.1) is 0 Å². The van der Waals surface area contributed by atoms with E-state index in [1.165, 1.54) is 18.9 Å². The van der Waals surface area contributed by atoms with Crippen LogP contribution in [-0.4, -0.2) is 9.55 Å². The first-order valence-corrected chi connectivity index (χ1v) is 7.23. The molecule has 0 unspecified atom stereocenters. The van der Waals surface area contributed by atoms with E-state index in [2.05, 4.69) is 4.98 Å². The van der Waals surface area contributed by atoms with Crippen LogP contribution in [0.1, 0.15) is 37.4 Å². The van der Waals surface area contributed by atoms with Crippen molar-refractivity contribution < 1.29 is 4.39 Å². The lowest BCUT2D eigenvalue weighted by molar-refractivity contribution is 0.629. The molecule has 1 aromatic heterocycles. The van der Waals surface area contributed by atoms with Gasteiger partial charge in [-0.1, -0.05) is 24.4 Å². The molecule has 0 spiro atoms. The van der Waals surface area contributed by atoms with Crippen molar-refractivity contribution in [3.05, 3.63) is 34.9 Å². The highest BCUT2D eigenvalue weighted by Gasteiger charge is 2.25. The fourth-order valence-electron chi connectivity index (χ4n) is 2.96. The predicted molar refractivity (Wildman–Crippen MR) is 79.2 cm³/mol. The molecule has 0 atom stereocenters. The van der Waals surface area contributed by atoms with Crippen molar-refractivity contribution in [1.29, 1.82) is 0 Å². The van der Waals surface area contributed by atoms with Crippen LogP contribution in [0.5, 0.6) is 0 Å². The van der Waals surface area contributed by atoms with Crippen molar-refractivity contribution in [1.82, 2.24) is 9.55 Å². The normalized spacial score (nSPS) is 15.9. The second-order valence-corrected chi connectivity index (χ2v) is 5.80. The maximum atomic E-state index is 14.0. The van der Waals surface area contributed by atoms with Gasteiger partial charge in [-0.05, 0) is 31.0 Å². The molecule has 2 aromatic rings. The molecule has 1 aliphatic carbocycles. The fraction of sp³-hybridized carbons (Fsp3) is 0.400. The summed E-state index contributed by atoms with van der Waals surface area (Å²) in [5, 5.41) is 0.372. The first-order valence-electron chi connectivity index (χ1n) is 6.85. The van der Waals surface area contributed by atoms with Crippen molar-refractivity contribution in [2.45, 2.75) is 31.6 Å². The van der Waals surface area contributed by atoms with Gasteiger partial charge < -0.3 is 10.3 Å². The maximum Gasteiger partial charge on any atom is 0.134 e. The molecule has 0 bridgehead atoms. The molecule has 2 N–H and O–H groups in total. The van der Waals surface area contributed by atoms with Gasteiger partial charge in [0.2, 0.25) is 0 Å². The molecule has 0 radical (unpaired) electrons. The van der Waals surface area contributed by atoms with E-state index in [4.69, 9.17) is 17.3 Å². The lowest BCUT2D eigenvalue weighted by atomic mass is 10.1. The van der Waals surface area contributed by atoms with Crippen LogP contribution in [0.2, 0.25) is 5.02 Å². The van der Waals surface area contributed by atoms with Crippen LogP contribution < -0.4 is 5.73 Å². The number of rotatable bonds is 2. The number of nitrogens with zero attached hydrogens (tertiary/aromatic N) is 2. The summed E-state index contributed by atoms with van der Waals surface area (Å²) >= 11 is 5.79. The summed E-state index contributed by atoms with van der Waals surface area (Å²) in [6, 6.07) is 4.58. The Balaban J connectivity index is 2.07. The zero-order valence-electron chi connectivity index (χ0n) is 11.4. The fourth-order valence-corrected chi connectivity index (χ4v) is 3.12. The first kappa shape index (κ1) is 13.4. The smallest absolute Gasteiger partial charge is 0.134 e. The minimum atomic E-state index is -0.389. The third kappa shape index (κ3) is 2.18. The molecular formula is C15H17ClFN3. The molecular weight excluding hydrogens is 277 g/mol. The van der Waals surface area contributed by atoms with E-state index in [1.807, 2.05) is 11.6 Å². The van der Waals surface area contributed by atoms with E-state index in [1.54, 1.807) is 12.1 Å². The number of aromatic nitrogens is 2. The summed E-state index contributed by atoms with van der Waals surface area (Å²) in [6.07, 6.45) is 4.71. The predicted octanol–water partition coefficient (Wildman–Crippen LogP) is 4.12. The molecule has 1 saturated carbocycles. The van der Waals surface area contributed by atoms with Gasteiger partial charge in [0.05, 0.1) is 0 Å². The molecule has 1 aromatic carbocycles. The molecule has 3 rings (SSSR count). The van der Waals surface area contributed by atoms with Crippen LogP contribution in [0.25, 0.3) is 11.3 Å². The lowest BCUT2D eigenvalue weighted by Crippen LogP contribution is -2.05. The van der Waals surface area contributed by atoms with Gasteiger partial charge >= 0.3 is 0 Å². The molecule has 0 saturated heterocycles. The van der Waals surface area contributed by atoms with Crippen LogP contribution in [-0.2, 0) is 7.05 Å². The van der Waals surface area contributed by atoms with Gasteiger partial charge in [0, 0.05) is 23.6 Å². The van der Waals surface area contributed by atoms with Crippen molar-refractivity contribution in [2.75, 3.05) is 5.73 Å². The number of anilines is 1. The minimum absolute atomic E-state index is 0.372. The number of hydrogen-bond donors (Lipinski definition) is 1. The third-order valence-corrected chi connectivity index (χ3v) is 4.32. The van der Waals surface area contributed by atoms with Gasteiger partial charge in [0.15, 0.2) is 0 Å². The largest absolute Gasteiger partial charge is 0.383 e. The van der Waals surface area contributed by atoms with Crippen LogP contribution in [0.15, 0.2) is 18.2 Å². The Kier molecular flexibility index (Phi) is 3.42. The summed E-state index contributed by atoms with van der Waals surface area (Å²) in [6.45, 7) is 0. The highest BCUT2D eigenvalue weighted by Crippen LogP contribution is 2.37. The molecule has 1 heterocycles. The SMILES string of the molecule is Cn1c(C2CCCC2)nc(-c2ccc(Cl)cc2F)c1N. The summed E-state index contributed by atoms with van der Waals surface area (Å²) < 4.78 is 15.9. The molecule has 20 heavy (non-hydrogen) atoms. The summed E-state index contributed by atoms with van der Waals surface area (Å²) in [7, 11) is 1.90. The standard InChI is InChI=1S/C15H17ClFN3/c1-20-14(18)13(11-7-6-10(16)8-12(11)17)19-15(20)9-4-2-3-5-9/h6-9H,2-5,18H2,1H3. The molecule has 106 valence electrons. The average Bonchev–Trinajstić information content (AvgIpc) is 3.01. The van der Waals surface area contributed by atoms with E-state index in [9.17, 15) is 4.39 Å². The van der Waals surface area contributed by atoms with Crippen LogP contribution in [0, 0.1) is 5.82 Å². The Labute approximate surface area is 122 Å². The zero-order valence-corrected chi connectivity index (χ0v) is 12.1. The van der Waals surface area contributed by atoms with Crippen molar-refractivity contribution in [3.8, 4) is 11.3 Å². The Morgan fingerprint density at radius 3 is 2.70 bits per heavy atom. The van der Waals surface area contributed by atoms with Crippen molar-refractivity contribution in [2.24, 2.45) is 7.05 Å². The van der Waals surface area contributed by atoms with Crippen LogP contribution in [0.3, 0.4) is 0 Å². The number of hydrogen-bond acceptors (Lipinski definition) is 2. The summed E-state index contributed by atoms with van der Waals surface area (Å²) in [4.78, 5) is 4.61. The Morgan fingerprint density at radius 2 is 2.05 bits per heavy atom. The van der Waals surface area contributed by atoms with E-state index >= 15 is 0 Å². The topological polar surface area (TPSA) is 43.8 Å². The number of halogens is 2. The molecule has 3 nitrogen and oxygen atoms in total. The molecule has 1 aliphatic rings. The molecule has 5 heteroatoms. The van der Waals surface area contributed by atoms with Gasteiger partial charge in [-0.25, -0.2) is 9.37 Å². The number of nitrogen functional groups attached to an aromatic ring is 1. The third-order valence-electron chi connectivity index (χ3n) is 4.08. The van der Waals surface area contributed by atoms with E-state index in [0.717, 1.165) is 18.7 Å².